The zero-order chi connectivity index (χ0) is 14.1. The van der Waals surface area contributed by atoms with Gasteiger partial charge >= 0.3 is 0 Å². The smallest absolute Gasteiger partial charge is 0.270 e. The molecule has 1 fully saturated rings. The number of hydrogen-bond acceptors (Lipinski definition) is 3. The lowest BCUT2D eigenvalue weighted by atomic mass is 9.85. The monoisotopic (exact) mass is 270 g/mol. The van der Waals surface area contributed by atoms with Gasteiger partial charge in [0.1, 0.15) is 0 Å². The number of carbonyl (C=O) groups is 3. The van der Waals surface area contributed by atoms with Gasteiger partial charge in [0.25, 0.3) is 17.7 Å². The van der Waals surface area contributed by atoms with Gasteiger partial charge in [-0.1, -0.05) is 30.4 Å². The Morgan fingerprint density at radius 1 is 1.00 bits per heavy atom. The van der Waals surface area contributed by atoms with E-state index in [-0.39, 0.29) is 23.7 Å². The fourth-order valence-electron chi connectivity index (χ4n) is 2.67. The van der Waals surface area contributed by atoms with Crippen LogP contribution in [0.25, 0.3) is 0 Å². The molecule has 2 unspecified atom stereocenters. The number of amides is 3. The summed E-state index contributed by atoms with van der Waals surface area (Å²) < 4.78 is 0. The molecule has 102 valence electrons. The lowest BCUT2D eigenvalue weighted by Gasteiger charge is -2.15. The molecule has 2 aliphatic rings. The van der Waals surface area contributed by atoms with Crippen molar-refractivity contribution in [1.82, 2.24) is 10.4 Å². The minimum Gasteiger partial charge on any atom is -0.272 e. The fourth-order valence-corrected chi connectivity index (χ4v) is 2.67. The Labute approximate surface area is 116 Å². The van der Waals surface area contributed by atoms with Crippen LogP contribution in [0.1, 0.15) is 23.2 Å². The predicted molar refractivity (Wildman–Crippen MR) is 71.1 cm³/mol. The number of hydrazine groups is 1. The van der Waals surface area contributed by atoms with Crippen LogP contribution in [0.3, 0.4) is 0 Å². The molecule has 5 heteroatoms. The Bertz CT molecular complexity index is 568. The van der Waals surface area contributed by atoms with Gasteiger partial charge in [-0.05, 0) is 25.0 Å². The lowest BCUT2D eigenvalue weighted by Crippen LogP contribution is -2.46. The zero-order valence-electron chi connectivity index (χ0n) is 10.8. The first-order valence-electron chi connectivity index (χ1n) is 6.57. The summed E-state index contributed by atoms with van der Waals surface area (Å²) in [6, 6.07) is 8.52. The van der Waals surface area contributed by atoms with Gasteiger partial charge in [-0.25, -0.2) is 0 Å². The summed E-state index contributed by atoms with van der Waals surface area (Å²) in [6.07, 6.45) is 4.95. The third-order valence-electron chi connectivity index (χ3n) is 3.76. The number of benzene rings is 1. The summed E-state index contributed by atoms with van der Waals surface area (Å²) in [5.41, 5.74) is 2.84. The minimum absolute atomic E-state index is 0.311. The van der Waals surface area contributed by atoms with Crippen LogP contribution in [0.15, 0.2) is 42.5 Å². The Morgan fingerprint density at radius 3 is 2.10 bits per heavy atom. The van der Waals surface area contributed by atoms with Gasteiger partial charge in [0.15, 0.2) is 0 Å². The van der Waals surface area contributed by atoms with E-state index in [9.17, 15) is 14.4 Å². The molecule has 1 saturated heterocycles. The normalized spacial score (nSPS) is 24.7. The van der Waals surface area contributed by atoms with E-state index in [4.69, 9.17) is 0 Å². The van der Waals surface area contributed by atoms with Crippen molar-refractivity contribution in [3.63, 3.8) is 0 Å². The molecule has 1 aliphatic heterocycles. The molecule has 2 atom stereocenters. The molecule has 20 heavy (non-hydrogen) atoms. The Balaban J connectivity index is 1.77. The molecular weight excluding hydrogens is 256 g/mol. The molecule has 0 aromatic heterocycles. The van der Waals surface area contributed by atoms with E-state index in [1.165, 1.54) is 0 Å². The van der Waals surface area contributed by atoms with Crippen molar-refractivity contribution in [2.24, 2.45) is 11.8 Å². The van der Waals surface area contributed by atoms with E-state index in [0.717, 1.165) is 5.01 Å². The summed E-state index contributed by atoms with van der Waals surface area (Å²) in [4.78, 5) is 36.4. The Hall–Kier alpha value is -2.43. The highest BCUT2D eigenvalue weighted by molar-refractivity contribution is 6.07. The Kier molecular flexibility index (Phi) is 3.10. The topological polar surface area (TPSA) is 66.5 Å². The third kappa shape index (κ3) is 2.01. The summed E-state index contributed by atoms with van der Waals surface area (Å²) in [6.45, 7) is 0. The summed E-state index contributed by atoms with van der Waals surface area (Å²) >= 11 is 0. The van der Waals surface area contributed by atoms with Crippen LogP contribution in [0, 0.1) is 11.8 Å². The van der Waals surface area contributed by atoms with Crippen LogP contribution in [0.2, 0.25) is 0 Å². The van der Waals surface area contributed by atoms with E-state index >= 15 is 0 Å². The second-order valence-corrected chi connectivity index (χ2v) is 4.97. The number of imide groups is 1. The van der Waals surface area contributed by atoms with Crippen molar-refractivity contribution in [2.45, 2.75) is 12.8 Å². The van der Waals surface area contributed by atoms with Crippen LogP contribution >= 0.6 is 0 Å². The largest absolute Gasteiger partial charge is 0.272 e. The molecule has 1 aromatic carbocycles. The van der Waals surface area contributed by atoms with Gasteiger partial charge in [-0.2, -0.15) is 5.01 Å². The molecule has 3 rings (SSSR count). The molecule has 0 radical (unpaired) electrons. The molecule has 0 saturated carbocycles. The molecule has 1 N–H and O–H groups in total. The maximum absolute atomic E-state index is 12.2. The number of allylic oxidation sites excluding steroid dienone is 2. The first-order valence-corrected chi connectivity index (χ1v) is 6.57. The number of carbonyl (C=O) groups excluding carboxylic acids is 3. The minimum atomic E-state index is -0.445. The first kappa shape index (κ1) is 12.6. The van der Waals surface area contributed by atoms with E-state index in [0.29, 0.717) is 18.4 Å². The van der Waals surface area contributed by atoms with Gasteiger partial charge in [0, 0.05) is 5.56 Å². The van der Waals surface area contributed by atoms with Crippen LogP contribution in [-0.4, -0.2) is 22.7 Å². The second kappa shape index (κ2) is 4.92. The average molecular weight is 270 g/mol. The van der Waals surface area contributed by atoms with Crippen molar-refractivity contribution >= 4 is 17.7 Å². The van der Waals surface area contributed by atoms with Crippen molar-refractivity contribution in [2.75, 3.05) is 0 Å². The molecule has 3 amide bonds. The second-order valence-electron chi connectivity index (χ2n) is 4.97. The SMILES string of the molecule is O=C(NN1C(=O)C2CC=CCC2C1=O)c1ccccc1. The lowest BCUT2D eigenvalue weighted by molar-refractivity contribution is -0.142. The van der Waals surface area contributed by atoms with Crippen molar-refractivity contribution in [3.8, 4) is 0 Å². The predicted octanol–water partition coefficient (Wildman–Crippen LogP) is 1.28. The molecule has 5 nitrogen and oxygen atoms in total. The van der Waals surface area contributed by atoms with Gasteiger partial charge in [0.2, 0.25) is 0 Å². The molecular formula is C15H14N2O3. The highest BCUT2D eigenvalue weighted by atomic mass is 16.2. The van der Waals surface area contributed by atoms with Gasteiger partial charge in [-0.15, -0.1) is 0 Å². The summed E-state index contributed by atoms with van der Waals surface area (Å²) in [5, 5.41) is 0.887. The van der Waals surface area contributed by atoms with E-state index in [1.807, 2.05) is 12.2 Å². The maximum atomic E-state index is 12.2. The van der Waals surface area contributed by atoms with Crippen LogP contribution < -0.4 is 5.43 Å². The highest BCUT2D eigenvalue weighted by Crippen LogP contribution is 2.34. The van der Waals surface area contributed by atoms with Crippen LogP contribution in [0.4, 0.5) is 0 Å². The summed E-state index contributed by atoms with van der Waals surface area (Å²) in [7, 11) is 0. The standard InChI is InChI=1S/C15H14N2O3/c18-13(10-6-2-1-3-7-10)16-17-14(19)11-8-4-5-9-12(11)15(17)20/h1-7,11-12H,8-9H2,(H,16,18). The number of nitrogens with one attached hydrogen (secondary N) is 1. The van der Waals surface area contributed by atoms with E-state index in [2.05, 4.69) is 5.43 Å². The number of nitrogens with zero attached hydrogens (tertiary/aromatic N) is 1. The average Bonchev–Trinajstić information content (AvgIpc) is 2.74. The van der Waals surface area contributed by atoms with Crippen LogP contribution in [0.5, 0.6) is 0 Å². The van der Waals surface area contributed by atoms with E-state index in [1.54, 1.807) is 30.3 Å². The quantitative estimate of drug-likeness (QED) is 0.650. The first-order chi connectivity index (χ1) is 9.68. The van der Waals surface area contributed by atoms with Gasteiger partial charge in [0.05, 0.1) is 11.8 Å². The molecule has 1 aromatic rings. The highest BCUT2D eigenvalue weighted by Gasteiger charge is 2.48. The number of fused-ring (bicyclic) bond motifs is 1. The molecule has 0 spiro atoms. The van der Waals surface area contributed by atoms with Gasteiger partial charge < -0.3 is 0 Å². The van der Waals surface area contributed by atoms with E-state index < -0.39 is 5.91 Å². The molecule has 0 bridgehead atoms. The number of hydrogen-bond donors (Lipinski definition) is 1. The fraction of sp³-hybridized carbons (Fsp3) is 0.267. The summed E-state index contributed by atoms with van der Waals surface area (Å²) in [5.74, 6) is -1.73. The molecule has 1 heterocycles. The Morgan fingerprint density at radius 2 is 1.55 bits per heavy atom. The molecule has 1 aliphatic carbocycles. The van der Waals surface area contributed by atoms with Crippen molar-refractivity contribution in [1.29, 1.82) is 0 Å². The third-order valence-corrected chi connectivity index (χ3v) is 3.76. The number of rotatable bonds is 2. The van der Waals surface area contributed by atoms with Crippen molar-refractivity contribution in [3.05, 3.63) is 48.0 Å². The van der Waals surface area contributed by atoms with Crippen molar-refractivity contribution < 1.29 is 14.4 Å². The van der Waals surface area contributed by atoms with Crippen LogP contribution in [-0.2, 0) is 9.59 Å². The van der Waals surface area contributed by atoms with Gasteiger partial charge in [-0.3, -0.25) is 19.8 Å². The zero-order valence-corrected chi connectivity index (χ0v) is 10.8. The maximum Gasteiger partial charge on any atom is 0.270 e.